The first-order valence-electron chi connectivity index (χ1n) is 5.97. The van der Waals surface area contributed by atoms with Gasteiger partial charge in [0, 0.05) is 15.6 Å². The van der Waals surface area contributed by atoms with Crippen molar-refractivity contribution < 1.29 is 5.11 Å². The minimum Gasteiger partial charge on any atom is -0.504 e. The molecule has 0 saturated heterocycles. The van der Waals surface area contributed by atoms with Crippen molar-refractivity contribution >= 4 is 43.6 Å². The summed E-state index contributed by atoms with van der Waals surface area (Å²) in [5.74, 6) is 0.158. The van der Waals surface area contributed by atoms with Gasteiger partial charge < -0.3 is 5.11 Å². The van der Waals surface area contributed by atoms with Crippen molar-refractivity contribution in [2.75, 3.05) is 0 Å². The van der Waals surface area contributed by atoms with Crippen molar-refractivity contribution in [1.29, 1.82) is 0 Å². The van der Waals surface area contributed by atoms with E-state index in [9.17, 15) is 5.11 Å². The zero-order valence-corrected chi connectivity index (χ0v) is 12.0. The topological polar surface area (TPSA) is 45.0 Å². The molecule has 20 heavy (non-hydrogen) atoms. The molecule has 1 N–H and O–H groups in total. The number of nitrogens with zero attached hydrogens (tertiary/aromatic N) is 2. The van der Waals surface area contributed by atoms with E-state index in [0.29, 0.717) is 9.99 Å². The Balaban J connectivity index is 1.91. The summed E-state index contributed by atoms with van der Waals surface area (Å²) in [6.45, 7) is 0. The molecule has 2 aromatic carbocycles. The van der Waals surface area contributed by atoms with Gasteiger partial charge in [0.15, 0.2) is 15.7 Å². The van der Waals surface area contributed by atoms with Crippen LogP contribution in [-0.2, 0) is 0 Å². The molecule has 0 amide bonds. The quantitative estimate of drug-likeness (QED) is 0.530. The summed E-state index contributed by atoms with van der Waals surface area (Å²) in [5, 5.41) is 19.5. The Hall–Kier alpha value is -2.11. The van der Waals surface area contributed by atoms with Crippen LogP contribution in [0.1, 0.15) is 5.56 Å². The summed E-state index contributed by atoms with van der Waals surface area (Å²) in [4.78, 5) is 0.405. The van der Waals surface area contributed by atoms with Crippen molar-refractivity contribution in [3.05, 3.63) is 60.2 Å². The fraction of sp³-hybridized carbons (Fsp3) is 0. The van der Waals surface area contributed by atoms with Crippen LogP contribution < -0.4 is 0 Å². The van der Waals surface area contributed by atoms with E-state index < -0.39 is 0 Å². The lowest BCUT2D eigenvalue weighted by Gasteiger charge is -1.95. The highest BCUT2D eigenvalue weighted by Crippen LogP contribution is 2.43. The molecule has 0 aliphatic heterocycles. The molecule has 0 aliphatic carbocycles. The Morgan fingerprint density at radius 1 is 1.00 bits per heavy atom. The average molecular weight is 298 g/mol. The summed E-state index contributed by atoms with van der Waals surface area (Å²) < 4.78 is 0.976. The summed E-state index contributed by atoms with van der Waals surface area (Å²) in [6, 6.07) is 17.1. The highest BCUT2D eigenvalue weighted by atomic mass is 32.1. The van der Waals surface area contributed by atoms with E-state index in [4.69, 9.17) is 12.2 Å². The first-order chi connectivity index (χ1) is 9.75. The number of rotatable bonds is 2. The van der Waals surface area contributed by atoms with E-state index in [1.165, 1.54) is 11.3 Å². The first kappa shape index (κ1) is 12.9. The van der Waals surface area contributed by atoms with Gasteiger partial charge in [-0.2, -0.15) is 0 Å². The van der Waals surface area contributed by atoms with Crippen LogP contribution in [0.5, 0.6) is 5.75 Å². The third-order valence-electron chi connectivity index (χ3n) is 2.80. The van der Waals surface area contributed by atoms with Crippen LogP contribution in [0.25, 0.3) is 10.1 Å². The third kappa shape index (κ3) is 2.45. The van der Waals surface area contributed by atoms with Crippen LogP contribution in [0.4, 0.5) is 5.00 Å². The Morgan fingerprint density at radius 3 is 2.45 bits per heavy atom. The Kier molecular flexibility index (Phi) is 3.54. The van der Waals surface area contributed by atoms with Gasteiger partial charge in [0.1, 0.15) is 0 Å². The Labute approximate surface area is 125 Å². The Morgan fingerprint density at radius 2 is 1.70 bits per heavy atom. The lowest BCUT2D eigenvalue weighted by atomic mass is 10.2. The van der Waals surface area contributed by atoms with Crippen LogP contribution in [0, 0.1) is 0 Å². The predicted molar refractivity (Wildman–Crippen MR) is 86.1 cm³/mol. The molecule has 5 heteroatoms. The number of thiophene rings is 1. The molecule has 3 rings (SSSR count). The monoisotopic (exact) mass is 298 g/mol. The van der Waals surface area contributed by atoms with Gasteiger partial charge in [-0.1, -0.05) is 54.7 Å². The standard InChI is InChI=1S/C15H10N2OS2/c18-13-11-8-4-5-9-12(11)20-15(13)17-16-14(19)10-6-2-1-3-7-10/h1-9,18H. The number of azo groups is 1. The zero-order chi connectivity index (χ0) is 13.9. The Bertz CT molecular complexity index is 794. The minimum atomic E-state index is 0.158. The van der Waals surface area contributed by atoms with Gasteiger partial charge in [-0.25, -0.2) is 0 Å². The molecule has 0 atom stereocenters. The van der Waals surface area contributed by atoms with E-state index in [1.54, 1.807) is 0 Å². The number of thiocarbonyl (C=S) groups is 1. The van der Waals surface area contributed by atoms with Gasteiger partial charge in [-0.05, 0) is 12.1 Å². The molecular weight excluding hydrogens is 288 g/mol. The van der Waals surface area contributed by atoms with Crippen LogP contribution in [0.15, 0.2) is 64.8 Å². The van der Waals surface area contributed by atoms with Crippen molar-refractivity contribution in [2.45, 2.75) is 0 Å². The molecular formula is C15H10N2OS2. The molecule has 0 aliphatic rings. The molecule has 0 bridgehead atoms. The second kappa shape index (κ2) is 5.48. The zero-order valence-electron chi connectivity index (χ0n) is 10.4. The molecule has 3 aromatic rings. The van der Waals surface area contributed by atoms with Gasteiger partial charge in [0.25, 0.3) is 0 Å². The highest BCUT2D eigenvalue weighted by molar-refractivity contribution is 7.80. The molecule has 1 aromatic heterocycles. The van der Waals surface area contributed by atoms with E-state index >= 15 is 0 Å². The lowest BCUT2D eigenvalue weighted by molar-refractivity contribution is 0.484. The van der Waals surface area contributed by atoms with Gasteiger partial charge in [-0.15, -0.1) is 21.6 Å². The maximum Gasteiger partial charge on any atom is 0.181 e. The van der Waals surface area contributed by atoms with Crippen LogP contribution in [0.2, 0.25) is 0 Å². The van der Waals surface area contributed by atoms with Gasteiger partial charge in [-0.3, -0.25) is 0 Å². The normalized spacial score (nSPS) is 11.2. The van der Waals surface area contributed by atoms with Gasteiger partial charge in [0.05, 0.1) is 0 Å². The van der Waals surface area contributed by atoms with E-state index in [-0.39, 0.29) is 5.75 Å². The van der Waals surface area contributed by atoms with Crippen molar-refractivity contribution in [3.8, 4) is 5.75 Å². The maximum absolute atomic E-state index is 10.1. The molecule has 0 spiro atoms. The molecule has 98 valence electrons. The number of hydrogen-bond donors (Lipinski definition) is 1. The lowest BCUT2D eigenvalue weighted by Crippen LogP contribution is -1.89. The van der Waals surface area contributed by atoms with Crippen LogP contribution in [-0.4, -0.2) is 10.1 Å². The molecule has 0 unspecified atom stereocenters. The SMILES string of the molecule is Oc1c(N=NC(=S)c2ccccc2)sc2ccccc12. The van der Waals surface area contributed by atoms with E-state index in [1.807, 2.05) is 54.6 Å². The highest BCUT2D eigenvalue weighted by Gasteiger charge is 2.10. The average Bonchev–Trinajstić information content (AvgIpc) is 2.83. The van der Waals surface area contributed by atoms with E-state index in [2.05, 4.69) is 10.2 Å². The number of benzene rings is 2. The fourth-order valence-corrected chi connectivity index (χ4v) is 2.91. The van der Waals surface area contributed by atoms with Crippen molar-refractivity contribution in [1.82, 2.24) is 0 Å². The number of fused-ring (bicyclic) bond motifs is 1. The van der Waals surface area contributed by atoms with Crippen molar-refractivity contribution in [2.24, 2.45) is 10.2 Å². The smallest absolute Gasteiger partial charge is 0.181 e. The molecule has 3 nitrogen and oxygen atoms in total. The van der Waals surface area contributed by atoms with Crippen LogP contribution >= 0.6 is 23.6 Å². The summed E-state index contributed by atoms with van der Waals surface area (Å²) in [7, 11) is 0. The van der Waals surface area contributed by atoms with Crippen molar-refractivity contribution in [3.63, 3.8) is 0 Å². The second-order valence-electron chi connectivity index (χ2n) is 4.12. The molecule has 0 saturated carbocycles. The van der Waals surface area contributed by atoms with E-state index in [0.717, 1.165) is 15.6 Å². The molecule has 0 radical (unpaired) electrons. The molecule has 0 fully saturated rings. The first-order valence-corrected chi connectivity index (χ1v) is 7.20. The summed E-state index contributed by atoms with van der Waals surface area (Å²) >= 11 is 6.60. The predicted octanol–water partition coefficient (Wildman–Crippen LogP) is 5.07. The summed E-state index contributed by atoms with van der Waals surface area (Å²) in [5.41, 5.74) is 0.840. The number of hydrogen-bond acceptors (Lipinski definition) is 4. The van der Waals surface area contributed by atoms with Gasteiger partial charge in [0.2, 0.25) is 0 Å². The molecule has 1 heterocycles. The van der Waals surface area contributed by atoms with Gasteiger partial charge >= 0.3 is 0 Å². The summed E-state index contributed by atoms with van der Waals surface area (Å²) in [6.07, 6.45) is 0. The minimum absolute atomic E-state index is 0.158. The largest absolute Gasteiger partial charge is 0.504 e. The van der Waals surface area contributed by atoms with Crippen LogP contribution in [0.3, 0.4) is 0 Å². The number of aromatic hydroxyl groups is 1. The second-order valence-corrected chi connectivity index (χ2v) is 5.54. The fourth-order valence-electron chi connectivity index (χ4n) is 1.82. The third-order valence-corrected chi connectivity index (χ3v) is 4.17. The maximum atomic E-state index is 10.1.